The first-order valence-electron chi connectivity index (χ1n) is 8.94. The van der Waals surface area contributed by atoms with E-state index in [0.717, 1.165) is 0 Å². The van der Waals surface area contributed by atoms with Crippen molar-refractivity contribution in [3.63, 3.8) is 0 Å². The Morgan fingerprint density at radius 3 is 1.26 bits per heavy atom. The van der Waals surface area contributed by atoms with E-state index in [9.17, 15) is 34.8 Å². The van der Waals surface area contributed by atoms with Gasteiger partial charge in [-0.05, 0) is 31.9 Å². The molecule has 2 aromatic carbocycles. The molecule has 0 heterocycles. The summed E-state index contributed by atoms with van der Waals surface area (Å²) in [6, 6.07) is 6.50. The van der Waals surface area contributed by atoms with Gasteiger partial charge < -0.3 is 17.3 Å². The summed E-state index contributed by atoms with van der Waals surface area (Å²) in [5.41, 5.74) is 3.95. The molecule has 0 saturated carbocycles. The number of rotatable bonds is 0. The van der Waals surface area contributed by atoms with E-state index in [1.165, 1.54) is 16.7 Å². The van der Waals surface area contributed by atoms with Crippen LogP contribution in [0, 0.1) is 44.0 Å². The van der Waals surface area contributed by atoms with E-state index < -0.39 is 42.4 Å². The average Bonchev–Trinajstić information content (AvgIpc) is 2.67. The molecule has 0 spiro atoms. The molecule has 0 N–H and O–H groups in total. The van der Waals surface area contributed by atoms with Crippen LogP contribution in [0.15, 0.2) is 42.5 Å². The topological polar surface area (TPSA) is 0 Å². The van der Waals surface area contributed by atoms with Gasteiger partial charge in [-0.1, -0.05) is 48.1 Å². The standard InChI is InChI=1S/C12H6F4.C9H12.BF4.Ir/c13-9-7-5-1-2-6(4-3-5)8(7)10(14)12(16)11(9)15;1-7-4-5-8(2)9(3)6-7;2-1(3,4)5;/h1-6H;4-6H,1-3H3;;/q;;-1;. The van der Waals surface area contributed by atoms with E-state index in [4.69, 9.17) is 0 Å². The predicted octanol–water partition coefficient (Wildman–Crippen LogP) is 7.46. The van der Waals surface area contributed by atoms with E-state index in [-0.39, 0.29) is 31.2 Å². The second-order valence-corrected chi connectivity index (χ2v) is 6.99. The minimum atomic E-state index is -6.00. The van der Waals surface area contributed by atoms with Crippen molar-refractivity contribution in [1.29, 1.82) is 0 Å². The summed E-state index contributed by atoms with van der Waals surface area (Å²) in [4.78, 5) is 0. The van der Waals surface area contributed by atoms with Gasteiger partial charge in [0, 0.05) is 43.1 Å². The van der Waals surface area contributed by atoms with Gasteiger partial charge in [-0.3, -0.25) is 0 Å². The fourth-order valence-corrected chi connectivity index (χ4v) is 3.20. The summed E-state index contributed by atoms with van der Waals surface area (Å²) in [6.45, 7) is 6.39. The van der Waals surface area contributed by atoms with Crippen LogP contribution in [0.25, 0.3) is 0 Å². The van der Waals surface area contributed by atoms with Gasteiger partial charge in [0.15, 0.2) is 23.3 Å². The SMILES string of the molecule is Cc1ccc(C)c(C)c1.F[B-](F)(F)F.Fc1c(F)c(F)c2c(c1F)C1C=CC2C=C1.[Ir]. The average molecular weight is 625 g/mol. The molecule has 0 unspecified atom stereocenters. The van der Waals surface area contributed by atoms with Crippen molar-refractivity contribution < 1.29 is 54.9 Å². The molecule has 0 nitrogen and oxygen atoms in total. The third kappa shape index (κ3) is 6.78. The molecule has 0 fully saturated rings. The van der Waals surface area contributed by atoms with Crippen LogP contribution in [-0.2, 0) is 20.1 Å². The van der Waals surface area contributed by atoms with Crippen molar-refractivity contribution in [2.45, 2.75) is 32.6 Å². The summed E-state index contributed by atoms with van der Waals surface area (Å²) in [6.07, 6.45) is 6.64. The number of hydrogen-bond donors (Lipinski definition) is 0. The van der Waals surface area contributed by atoms with Crippen LogP contribution in [0.4, 0.5) is 34.8 Å². The van der Waals surface area contributed by atoms with E-state index in [1.807, 2.05) is 0 Å². The molecule has 2 aromatic rings. The van der Waals surface area contributed by atoms with Gasteiger partial charge in [-0.15, -0.1) is 0 Å². The maximum Gasteiger partial charge on any atom is 0.673 e. The summed E-state index contributed by atoms with van der Waals surface area (Å²) in [5.74, 6) is -7.01. The third-order valence-electron chi connectivity index (χ3n) is 4.72. The molecule has 31 heavy (non-hydrogen) atoms. The Bertz CT molecular complexity index is 931. The molecule has 3 aliphatic carbocycles. The molecule has 0 amide bonds. The molecule has 0 aromatic heterocycles. The first kappa shape index (κ1) is 27.1. The molecule has 171 valence electrons. The number of hydrogen-bond acceptors (Lipinski definition) is 0. The smallest absolute Gasteiger partial charge is 0.418 e. The van der Waals surface area contributed by atoms with Gasteiger partial charge >= 0.3 is 7.25 Å². The van der Waals surface area contributed by atoms with Crippen molar-refractivity contribution in [2.24, 2.45) is 0 Å². The number of aryl methyl sites for hydroxylation is 3. The van der Waals surface area contributed by atoms with Crippen molar-refractivity contribution in [2.75, 3.05) is 0 Å². The van der Waals surface area contributed by atoms with Gasteiger partial charge in [0.1, 0.15) is 0 Å². The Morgan fingerprint density at radius 1 is 0.613 bits per heavy atom. The zero-order valence-corrected chi connectivity index (χ0v) is 19.0. The maximum absolute atomic E-state index is 13.5. The van der Waals surface area contributed by atoms with Crippen LogP contribution in [0.5, 0.6) is 0 Å². The van der Waals surface area contributed by atoms with Crippen molar-refractivity contribution in [3.05, 3.63) is 93.6 Å². The first-order valence-corrected chi connectivity index (χ1v) is 8.94. The molecule has 2 bridgehead atoms. The quantitative estimate of drug-likeness (QED) is 0.0938. The van der Waals surface area contributed by atoms with Gasteiger partial charge in [-0.2, -0.15) is 0 Å². The second-order valence-electron chi connectivity index (χ2n) is 6.99. The first-order chi connectivity index (χ1) is 13.8. The molecule has 10 heteroatoms. The molecule has 3 aliphatic rings. The van der Waals surface area contributed by atoms with E-state index >= 15 is 0 Å². The Morgan fingerprint density at radius 2 is 0.968 bits per heavy atom. The van der Waals surface area contributed by atoms with Gasteiger partial charge in [0.05, 0.1) is 0 Å². The minimum absolute atomic E-state index is 0. The minimum Gasteiger partial charge on any atom is -0.418 e. The largest absolute Gasteiger partial charge is 0.673 e. The van der Waals surface area contributed by atoms with Crippen molar-refractivity contribution in [1.82, 2.24) is 0 Å². The van der Waals surface area contributed by atoms with E-state index in [0.29, 0.717) is 0 Å². The van der Waals surface area contributed by atoms with Gasteiger partial charge in [0.2, 0.25) is 0 Å². The van der Waals surface area contributed by atoms with Crippen LogP contribution >= 0.6 is 0 Å². The van der Waals surface area contributed by atoms with Crippen LogP contribution in [-0.4, -0.2) is 7.25 Å². The monoisotopic (exact) mass is 626 g/mol. The summed E-state index contributed by atoms with van der Waals surface area (Å²) in [5, 5.41) is 0. The Kier molecular flexibility index (Phi) is 9.26. The summed E-state index contributed by atoms with van der Waals surface area (Å²) in [7, 11) is -6.00. The zero-order valence-electron chi connectivity index (χ0n) is 16.6. The predicted molar refractivity (Wildman–Crippen MR) is 101 cm³/mol. The number of halogens is 8. The molecule has 0 saturated heterocycles. The Balaban J connectivity index is 0.000000273. The normalized spacial score (nSPS) is 17.6. The Labute approximate surface area is 188 Å². The van der Waals surface area contributed by atoms with Crippen LogP contribution < -0.4 is 0 Å². The molecular weight excluding hydrogens is 607 g/mol. The van der Waals surface area contributed by atoms with Crippen LogP contribution in [0.3, 0.4) is 0 Å². The van der Waals surface area contributed by atoms with Gasteiger partial charge in [-0.25, -0.2) is 17.6 Å². The molecular formula is C21H18BF8Ir-. The summed E-state index contributed by atoms with van der Waals surface area (Å²) >= 11 is 0. The zero-order chi connectivity index (χ0) is 22.8. The fraction of sp³-hybridized carbons (Fsp3) is 0.238. The summed E-state index contributed by atoms with van der Waals surface area (Å²) < 4.78 is 92.2. The number of allylic oxidation sites excluding steroid dienone is 4. The van der Waals surface area contributed by atoms with Gasteiger partial charge in [0.25, 0.3) is 0 Å². The third-order valence-corrected chi connectivity index (χ3v) is 4.72. The molecule has 1 radical (unpaired) electrons. The second kappa shape index (κ2) is 10.6. The van der Waals surface area contributed by atoms with Crippen LogP contribution in [0.2, 0.25) is 0 Å². The Hall–Kier alpha value is -1.93. The van der Waals surface area contributed by atoms with Crippen molar-refractivity contribution >= 4 is 7.25 Å². The fourth-order valence-electron chi connectivity index (χ4n) is 3.20. The molecule has 0 aliphatic heterocycles. The molecule has 0 atom stereocenters. The van der Waals surface area contributed by atoms with Crippen molar-refractivity contribution in [3.8, 4) is 0 Å². The van der Waals surface area contributed by atoms with E-state index in [2.05, 4.69) is 39.0 Å². The van der Waals surface area contributed by atoms with Crippen LogP contribution in [0.1, 0.15) is 39.7 Å². The molecule has 5 rings (SSSR count). The maximum atomic E-state index is 13.5. The number of benzene rings is 2. The van der Waals surface area contributed by atoms with E-state index in [1.54, 1.807) is 24.3 Å².